The summed E-state index contributed by atoms with van der Waals surface area (Å²) in [6, 6.07) is 4.63. The zero-order valence-corrected chi connectivity index (χ0v) is 12.7. The Labute approximate surface area is 126 Å². The Morgan fingerprint density at radius 2 is 2.38 bits per heavy atom. The maximum atomic E-state index is 5.26. The Kier molecular flexibility index (Phi) is 4.07. The van der Waals surface area contributed by atoms with E-state index in [-0.39, 0.29) is 0 Å². The molecule has 0 aliphatic carbocycles. The van der Waals surface area contributed by atoms with Crippen molar-refractivity contribution in [3.05, 3.63) is 34.6 Å². The molecule has 0 aliphatic heterocycles. The molecule has 21 heavy (non-hydrogen) atoms. The molecule has 3 rings (SSSR count). The van der Waals surface area contributed by atoms with E-state index in [1.807, 2.05) is 0 Å². The third-order valence-electron chi connectivity index (χ3n) is 3.31. The molecule has 0 amide bonds. The summed E-state index contributed by atoms with van der Waals surface area (Å²) in [5.74, 6) is 1.52. The van der Waals surface area contributed by atoms with Gasteiger partial charge in [-0.05, 0) is 31.8 Å². The normalized spacial score (nSPS) is 12.9. The minimum atomic E-state index is 0.393. The van der Waals surface area contributed by atoms with Gasteiger partial charge in [-0.25, -0.2) is 4.98 Å². The predicted molar refractivity (Wildman–Crippen MR) is 78.6 cm³/mol. The third-order valence-corrected chi connectivity index (χ3v) is 4.21. The molecule has 1 atom stereocenters. The highest BCUT2D eigenvalue weighted by Crippen LogP contribution is 2.15. The second kappa shape index (κ2) is 6.15. The number of hydrogen-bond donors (Lipinski definition) is 1. The molecule has 3 aromatic rings. The van der Waals surface area contributed by atoms with Crippen LogP contribution in [0, 0.1) is 0 Å². The zero-order chi connectivity index (χ0) is 14.7. The third kappa shape index (κ3) is 3.34. The summed E-state index contributed by atoms with van der Waals surface area (Å²) >= 11 is 1.78. The summed E-state index contributed by atoms with van der Waals surface area (Å²) in [4.78, 5) is 11.9. The van der Waals surface area contributed by atoms with Crippen LogP contribution in [0.4, 0.5) is 0 Å². The zero-order valence-electron chi connectivity index (χ0n) is 11.9. The van der Waals surface area contributed by atoms with Crippen LogP contribution in [0.3, 0.4) is 0 Å². The van der Waals surface area contributed by atoms with Crippen molar-refractivity contribution in [1.29, 1.82) is 0 Å². The van der Waals surface area contributed by atoms with Crippen LogP contribution in [0.2, 0.25) is 0 Å². The van der Waals surface area contributed by atoms with E-state index in [2.05, 4.69) is 61.7 Å². The minimum absolute atomic E-state index is 0.393. The van der Waals surface area contributed by atoms with Gasteiger partial charge in [-0.1, -0.05) is 11.2 Å². The number of likely N-dealkylation sites (N-methyl/N-ethyl adjacent to an activating group) is 1. The molecule has 0 saturated carbocycles. The van der Waals surface area contributed by atoms with Crippen LogP contribution < -0.4 is 0 Å². The Morgan fingerprint density at radius 1 is 1.48 bits per heavy atom. The van der Waals surface area contributed by atoms with Crippen LogP contribution in [0.25, 0.3) is 11.6 Å². The van der Waals surface area contributed by atoms with Gasteiger partial charge in [0.15, 0.2) is 5.82 Å². The summed E-state index contributed by atoms with van der Waals surface area (Å²) in [5.41, 5.74) is 0. The number of rotatable bonds is 6. The van der Waals surface area contributed by atoms with Crippen molar-refractivity contribution < 1.29 is 4.52 Å². The Morgan fingerprint density at radius 3 is 3.10 bits per heavy atom. The molecule has 7 nitrogen and oxygen atoms in total. The fourth-order valence-electron chi connectivity index (χ4n) is 1.97. The molecule has 1 N–H and O–H groups in total. The molecule has 3 heterocycles. The first-order valence-corrected chi connectivity index (χ1v) is 7.51. The predicted octanol–water partition coefficient (Wildman–Crippen LogP) is 1.98. The Balaban J connectivity index is 1.60. The summed E-state index contributed by atoms with van der Waals surface area (Å²) < 4.78 is 5.26. The summed E-state index contributed by atoms with van der Waals surface area (Å²) in [6.45, 7) is 2.79. The van der Waals surface area contributed by atoms with E-state index in [0.717, 1.165) is 6.42 Å². The molecule has 0 bridgehead atoms. The molecule has 0 saturated heterocycles. The van der Waals surface area contributed by atoms with E-state index in [1.165, 1.54) is 11.2 Å². The van der Waals surface area contributed by atoms with Gasteiger partial charge in [0, 0.05) is 10.9 Å². The first kappa shape index (κ1) is 13.9. The summed E-state index contributed by atoms with van der Waals surface area (Å²) in [6.07, 6.45) is 2.43. The highest BCUT2D eigenvalue weighted by molar-refractivity contribution is 7.09. The number of aromatic amines is 1. The van der Waals surface area contributed by atoms with Gasteiger partial charge in [-0.3, -0.25) is 10.00 Å². The molecule has 0 aliphatic rings. The number of nitrogens with zero attached hydrogens (tertiary/aromatic N) is 5. The highest BCUT2D eigenvalue weighted by atomic mass is 32.1. The van der Waals surface area contributed by atoms with Gasteiger partial charge < -0.3 is 4.52 Å². The van der Waals surface area contributed by atoms with Gasteiger partial charge in [0.1, 0.15) is 6.33 Å². The van der Waals surface area contributed by atoms with Crippen LogP contribution in [-0.2, 0) is 13.0 Å². The van der Waals surface area contributed by atoms with Crippen molar-refractivity contribution in [2.75, 3.05) is 7.05 Å². The average Bonchev–Trinajstić information content (AvgIpc) is 3.20. The summed E-state index contributed by atoms with van der Waals surface area (Å²) in [7, 11) is 2.05. The van der Waals surface area contributed by atoms with Gasteiger partial charge >= 0.3 is 0 Å². The smallest absolute Gasteiger partial charge is 0.241 e. The van der Waals surface area contributed by atoms with Crippen LogP contribution in [0.15, 0.2) is 28.4 Å². The lowest BCUT2D eigenvalue weighted by Gasteiger charge is -2.22. The standard InChI is InChI=1S/C13H16N6OS/c1-9(6-10-4-3-5-21-10)19(2)7-11-16-13(18-20-11)12-14-8-15-17-12/h3-5,8-9H,6-7H2,1-2H3,(H,14,15,17)/t9-/m1/s1. The van der Waals surface area contributed by atoms with Crippen LogP contribution in [0.1, 0.15) is 17.7 Å². The Hall–Kier alpha value is -2.06. The maximum absolute atomic E-state index is 5.26. The van der Waals surface area contributed by atoms with Crippen molar-refractivity contribution in [3.8, 4) is 11.6 Å². The lowest BCUT2D eigenvalue weighted by molar-refractivity contribution is 0.214. The molecule has 8 heteroatoms. The second-order valence-electron chi connectivity index (χ2n) is 4.89. The number of hydrogen-bond acceptors (Lipinski definition) is 7. The first-order valence-electron chi connectivity index (χ1n) is 6.63. The van der Waals surface area contributed by atoms with E-state index in [1.54, 1.807) is 11.3 Å². The van der Waals surface area contributed by atoms with Gasteiger partial charge in [0.2, 0.25) is 11.7 Å². The van der Waals surface area contributed by atoms with Crippen molar-refractivity contribution in [2.45, 2.75) is 25.9 Å². The molecule has 0 radical (unpaired) electrons. The molecular formula is C13H16N6OS. The maximum Gasteiger partial charge on any atom is 0.241 e. The number of aromatic nitrogens is 5. The largest absolute Gasteiger partial charge is 0.337 e. The Bertz CT molecular complexity index is 663. The van der Waals surface area contributed by atoms with Gasteiger partial charge in [-0.15, -0.1) is 11.3 Å². The fraction of sp³-hybridized carbons (Fsp3) is 0.385. The van der Waals surface area contributed by atoms with Crippen LogP contribution in [-0.4, -0.2) is 43.3 Å². The van der Waals surface area contributed by atoms with Gasteiger partial charge in [0.05, 0.1) is 6.54 Å². The summed E-state index contributed by atoms with van der Waals surface area (Å²) in [5, 5.41) is 12.5. The quantitative estimate of drug-likeness (QED) is 0.749. The van der Waals surface area contributed by atoms with E-state index in [0.29, 0.717) is 30.1 Å². The molecular weight excluding hydrogens is 288 g/mol. The van der Waals surface area contributed by atoms with E-state index in [9.17, 15) is 0 Å². The van der Waals surface area contributed by atoms with Crippen molar-refractivity contribution >= 4 is 11.3 Å². The van der Waals surface area contributed by atoms with Gasteiger partial charge in [0.25, 0.3) is 0 Å². The molecule has 0 fully saturated rings. The molecule has 110 valence electrons. The second-order valence-corrected chi connectivity index (χ2v) is 5.93. The minimum Gasteiger partial charge on any atom is -0.337 e. The van der Waals surface area contributed by atoms with Crippen LogP contribution >= 0.6 is 11.3 Å². The van der Waals surface area contributed by atoms with Crippen molar-refractivity contribution in [1.82, 2.24) is 30.2 Å². The molecule has 0 aromatic carbocycles. The average molecular weight is 304 g/mol. The molecule has 0 spiro atoms. The van der Waals surface area contributed by atoms with E-state index >= 15 is 0 Å². The van der Waals surface area contributed by atoms with Gasteiger partial charge in [-0.2, -0.15) is 10.1 Å². The van der Waals surface area contributed by atoms with Crippen molar-refractivity contribution in [3.63, 3.8) is 0 Å². The molecule has 0 unspecified atom stereocenters. The SMILES string of the molecule is C[C@H](Cc1cccs1)N(C)Cc1nc(-c2ncn[nH]2)no1. The van der Waals surface area contributed by atoms with Crippen molar-refractivity contribution in [2.24, 2.45) is 0 Å². The number of H-pyrrole nitrogens is 1. The number of nitrogens with one attached hydrogen (secondary N) is 1. The lowest BCUT2D eigenvalue weighted by atomic mass is 10.2. The topological polar surface area (TPSA) is 83.7 Å². The van der Waals surface area contributed by atoms with Crippen LogP contribution in [0.5, 0.6) is 0 Å². The number of thiophene rings is 1. The fourth-order valence-corrected chi connectivity index (χ4v) is 2.80. The lowest BCUT2D eigenvalue weighted by Crippen LogP contribution is -2.30. The highest BCUT2D eigenvalue weighted by Gasteiger charge is 2.16. The monoisotopic (exact) mass is 304 g/mol. The van der Waals surface area contributed by atoms with E-state index in [4.69, 9.17) is 4.52 Å². The first-order chi connectivity index (χ1) is 10.2. The van der Waals surface area contributed by atoms with E-state index < -0.39 is 0 Å². The molecule has 3 aromatic heterocycles.